The molecule has 0 heterocycles. The van der Waals surface area contributed by atoms with Crippen LogP contribution in [0.2, 0.25) is 5.02 Å². The average Bonchev–Trinajstić information content (AvgIpc) is 2.51. The van der Waals surface area contributed by atoms with E-state index in [9.17, 15) is 10.1 Å². The molecule has 0 saturated carbocycles. The van der Waals surface area contributed by atoms with E-state index < -0.39 is 4.92 Å². The van der Waals surface area contributed by atoms with E-state index in [0.29, 0.717) is 10.7 Å². The highest BCUT2D eigenvalue weighted by Gasteiger charge is 2.11. The van der Waals surface area contributed by atoms with E-state index in [1.165, 1.54) is 18.3 Å². The maximum atomic E-state index is 10.8. The minimum atomic E-state index is -0.545. The number of halogens is 1. The molecule has 8 heteroatoms. The van der Waals surface area contributed by atoms with Crippen molar-refractivity contribution in [2.24, 2.45) is 5.10 Å². The molecule has 0 aromatic heterocycles. The van der Waals surface area contributed by atoms with Gasteiger partial charge in [-0.05, 0) is 37.3 Å². The largest absolute Gasteiger partial charge is 0.331 e. The zero-order chi connectivity index (χ0) is 16.8. The molecule has 0 aliphatic rings. The molecule has 0 saturated heterocycles. The van der Waals surface area contributed by atoms with Gasteiger partial charge in [0, 0.05) is 17.3 Å². The number of nitrogens with zero attached hydrogens (tertiary/aromatic N) is 2. The molecule has 0 spiro atoms. The van der Waals surface area contributed by atoms with Crippen LogP contribution in [0.4, 0.5) is 11.4 Å². The van der Waals surface area contributed by atoms with E-state index in [4.69, 9.17) is 23.8 Å². The highest BCUT2D eigenvalue weighted by Crippen LogP contribution is 2.24. The van der Waals surface area contributed by atoms with Gasteiger partial charge in [-0.2, -0.15) is 5.10 Å². The molecule has 0 bridgehead atoms. The number of anilines is 1. The van der Waals surface area contributed by atoms with Crippen molar-refractivity contribution in [1.29, 1.82) is 0 Å². The first-order chi connectivity index (χ1) is 11.0. The number of nitro benzene ring substituents is 1. The minimum absolute atomic E-state index is 0.0802. The summed E-state index contributed by atoms with van der Waals surface area (Å²) >= 11 is 10.9. The summed E-state index contributed by atoms with van der Waals surface area (Å²) < 4.78 is 0. The maximum Gasteiger partial charge on any atom is 0.288 e. The second-order valence-electron chi connectivity index (χ2n) is 4.66. The number of nitrogens with one attached hydrogen (secondary N) is 2. The van der Waals surface area contributed by atoms with Gasteiger partial charge in [-0.25, -0.2) is 0 Å². The fraction of sp³-hybridized carbons (Fsp3) is 0.0667. The lowest BCUT2D eigenvalue weighted by atomic mass is 10.2. The van der Waals surface area contributed by atoms with E-state index >= 15 is 0 Å². The van der Waals surface area contributed by atoms with Crippen LogP contribution in [0.3, 0.4) is 0 Å². The molecule has 23 heavy (non-hydrogen) atoms. The molecule has 0 aliphatic heterocycles. The van der Waals surface area contributed by atoms with Gasteiger partial charge >= 0.3 is 0 Å². The maximum absolute atomic E-state index is 10.8. The molecule has 0 radical (unpaired) electrons. The minimum Gasteiger partial charge on any atom is -0.331 e. The van der Waals surface area contributed by atoms with Crippen molar-refractivity contribution >= 4 is 46.5 Å². The second kappa shape index (κ2) is 7.66. The first-order valence-electron chi connectivity index (χ1n) is 6.56. The summed E-state index contributed by atoms with van der Waals surface area (Å²) in [5.41, 5.74) is 5.00. The number of benzene rings is 2. The Morgan fingerprint density at radius 1 is 1.30 bits per heavy atom. The van der Waals surface area contributed by atoms with Gasteiger partial charge in [0.2, 0.25) is 0 Å². The lowest BCUT2D eigenvalue weighted by Crippen LogP contribution is -2.23. The number of hydrogen-bond donors (Lipinski definition) is 2. The zero-order valence-electron chi connectivity index (χ0n) is 12.1. The molecule has 2 aromatic carbocycles. The topological polar surface area (TPSA) is 79.6 Å². The quantitative estimate of drug-likeness (QED) is 0.379. The Kier molecular flexibility index (Phi) is 5.61. The van der Waals surface area contributed by atoms with Crippen LogP contribution in [0.15, 0.2) is 47.6 Å². The highest BCUT2D eigenvalue weighted by molar-refractivity contribution is 7.80. The zero-order valence-corrected chi connectivity index (χ0v) is 13.7. The van der Waals surface area contributed by atoms with E-state index in [2.05, 4.69) is 15.8 Å². The number of hydrazone groups is 1. The van der Waals surface area contributed by atoms with E-state index in [1.54, 1.807) is 6.07 Å². The van der Waals surface area contributed by atoms with E-state index in [1.807, 2.05) is 31.2 Å². The third kappa shape index (κ3) is 5.01. The summed E-state index contributed by atoms with van der Waals surface area (Å²) in [6.07, 6.45) is 1.42. The molecule has 0 fully saturated rings. The molecule has 0 amide bonds. The van der Waals surface area contributed by atoms with Crippen LogP contribution < -0.4 is 10.7 Å². The van der Waals surface area contributed by atoms with Crippen LogP contribution in [-0.2, 0) is 0 Å². The predicted octanol–water partition coefficient (Wildman–Crippen LogP) is 3.88. The third-order valence-corrected chi connectivity index (χ3v) is 3.37. The normalized spacial score (nSPS) is 10.5. The molecule has 0 aliphatic carbocycles. The SMILES string of the molecule is Cc1ccc(NC(=S)N/N=C/c2ccc(Cl)c([N+](=O)[O-])c2)cc1. The Hall–Kier alpha value is -2.51. The smallest absolute Gasteiger partial charge is 0.288 e. The number of nitro groups is 1. The van der Waals surface area contributed by atoms with Crippen LogP contribution in [0.25, 0.3) is 0 Å². The molecule has 2 rings (SSSR count). The first kappa shape index (κ1) is 16.9. The van der Waals surface area contributed by atoms with E-state index in [-0.39, 0.29) is 10.7 Å². The summed E-state index contributed by atoms with van der Waals surface area (Å²) in [6, 6.07) is 12.1. The summed E-state index contributed by atoms with van der Waals surface area (Å²) in [5, 5.41) is 18.1. The van der Waals surface area contributed by atoms with Crippen molar-refractivity contribution in [3.05, 3.63) is 68.7 Å². The lowest BCUT2D eigenvalue weighted by molar-refractivity contribution is -0.384. The van der Waals surface area contributed by atoms with Crippen LogP contribution >= 0.6 is 23.8 Å². The molecular formula is C15H13ClN4O2S. The summed E-state index contributed by atoms with van der Waals surface area (Å²) in [6.45, 7) is 2.00. The Balaban J connectivity index is 1.96. The number of rotatable bonds is 4. The molecule has 6 nitrogen and oxygen atoms in total. The lowest BCUT2D eigenvalue weighted by Gasteiger charge is -2.06. The van der Waals surface area contributed by atoms with Crippen molar-refractivity contribution in [1.82, 2.24) is 5.43 Å². The monoisotopic (exact) mass is 348 g/mol. The third-order valence-electron chi connectivity index (χ3n) is 2.86. The number of hydrogen-bond acceptors (Lipinski definition) is 4. The van der Waals surface area contributed by atoms with Gasteiger partial charge in [0.05, 0.1) is 11.1 Å². The van der Waals surface area contributed by atoms with Gasteiger partial charge in [-0.1, -0.05) is 35.4 Å². The van der Waals surface area contributed by atoms with Crippen molar-refractivity contribution < 1.29 is 4.92 Å². The molecule has 2 aromatic rings. The Bertz CT molecular complexity index is 763. The van der Waals surface area contributed by atoms with Crippen LogP contribution in [0.5, 0.6) is 0 Å². The molecule has 2 N–H and O–H groups in total. The van der Waals surface area contributed by atoms with E-state index in [0.717, 1.165) is 11.3 Å². The van der Waals surface area contributed by atoms with Gasteiger partial charge in [0.25, 0.3) is 5.69 Å². The van der Waals surface area contributed by atoms with Gasteiger partial charge in [0.1, 0.15) is 5.02 Å². The molecule has 0 unspecified atom stereocenters. The van der Waals surface area contributed by atoms with Gasteiger partial charge < -0.3 is 5.32 Å². The predicted molar refractivity (Wildman–Crippen MR) is 96.2 cm³/mol. The van der Waals surface area contributed by atoms with Gasteiger partial charge in [0.15, 0.2) is 5.11 Å². The summed E-state index contributed by atoms with van der Waals surface area (Å²) in [4.78, 5) is 10.3. The van der Waals surface area contributed by atoms with Crippen LogP contribution in [0, 0.1) is 17.0 Å². The molecular weight excluding hydrogens is 336 g/mol. The van der Waals surface area contributed by atoms with Crippen molar-refractivity contribution in [3.8, 4) is 0 Å². The Morgan fingerprint density at radius 2 is 2.00 bits per heavy atom. The van der Waals surface area contributed by atoms with Crippen molar-refractivity contribution in [2.75, 3.05) is 5.32 Å². The molecule has 0 atom stereocenters. The van der Waals surface area contributed by atoms with Gasteiger partial charge in [-0.3, -0.25) is 15.5 Å². The fourth-order valence-electron chi connectivity index (χ4n) is 1.71. The summed E-state index contributed by atoms with van der Waals surface area (Å²) in [7, 11) is 0. The number of aryl methyl sites for hydroxylation is 1. The first-order valence-corrected chi connectivity index (χ1v) is 7.35. The Labute approximate surface area is 143 Å². The van der Waals surface area contributed by atoms with Gasteiger partial charge in [-0.15, -0.1) is 0 Å². The van der Waals surface area contributed by atoms with Crippen LogP contribution in [-0.4, -0.2) is 16.3 Å². The Morgan fingerprint density at radius 3 is 2.65 bits per heavy atom. The number of thiocarbonyl (C=S) groups is 1. The highest BCUT2D eigenvalue weighted by atomic mass is 35.5. The standard InChI is InChI=1S/C15H13ClN4O2S/c1-10-2-5-12(6-3-10)18-15(23)19-17-9-11-4-7-13(16)14(8-11)20(21)22/h2-9H,1H3,(H2,18,19,23)/b17-9+. The van der Waals surface area contributed by atoms with Crippen LogP contribution in [0.1, 0.15) is 11.1 Å². The van der Waals surface area contributed by atoms with Crippen molar-refractivity contribution in [3.63, 3.8) is 0 Å². The summed E-state index contributed by atoms with van der Waals surface area (Å²) in [5.74, 6) is 0. The molecule has 118 valence electrons. The second-order valence-corrected chi connectivity index (χ2v) is 5.47. The van der Waals surface area contributed by atoms with Crippen molar-refractivity contribution in [2.45, 2.75) is 6.92 Å². The average molecular weight is 349 g/mol. The fourth-order valence-corrected chi connectivity index (χ4v) is 2.07.